The average molecular weight is 333 g/mol. The maximum atomic E-state index is 12.3. The highest BCUT2D eigenvalue weighted by molar-refractivity contribution is 6.83. The van der Waals surface area contributed by atoms with Gasteiger partial charge in [0.2, 0.25) is 0 Å². The Morgan fingerprint density at radius 1 is 1.13 bits per heavy atom. The van der Waals surface area contributed by atoms with Crippen molar-refractivity contribution in [3.63, 3.8) is 0 Å². The summed E-state index contributed by atoms with van der Waals surface area (Å²) in [5, 5.41) is 1.08. The maximum absolute atomic E-state index is 12.3. The molecule has 0 aromatic rings. The Bertz CT molecular complexity index is 553. The van der Waals surface area contributed by atoms with Gasteiger partial charge in [-0.1, -0.05) is 56.6 Å². The van der Waals surface area contributed by atoms with Gasteiger partial charge in [0.15, 0.2) is 5.78 Å². The predicted molar refractivity (Wildman–Crippen MR) is 104 cm³/mol. The minimum atomic E-state index is -1.81. The van der Waals surface area contributed by atoms with E-state index in [2.05, 4.69) is 53.2 Å². The second-order valence-corrected chi connectivity index (χ2v) is 12.1. The molecule has 23 heavy (non-hydrogen) atoms. The third-order valence-electron chi connectivity index (χ3n) is 3.87. The van der Waals surface area contributed by atoms with Gasteiger partial charge in [0.1, 0.15) is 0 Å². The van der Waals surface area contributed by atoms with Gasteiger partial charge in [-0.15, -0.1) is 0 Å². The third kappa shape index (κ3) is 5.92. The average Bonchev–Trinajstić information content (AvgIpc) is 2.44. The van der Waals surface area contributed by atoms with E-state index in [1.54, 1.807) is 13.2 Å². The van der Waals surface area contributed by atoms with E-state index >= 15 is 0 Å². The van der Waals surface area contributed by atoms with Gasteiger partial charge in [-0.3, -0.25) is 4.79 Å². The van der Waals surface area contributed by atoms with Crippen LogP contribution in [0, 0.1) is 0 Å². The van der Waals surface area contributed by atoms with E-state index in [0.29, 0.717) is 5.57 Å². The zero-order valence-corrected chi connectivity index (χ0v) is 16.9. The Morgan fingerprint density at radius 2 is 1.65 bits per heavy atom. The number of carbonyl (C=O) groups is 1. The largest absolute Gasteiger partial charge is 0.377 e. The normalized spacial score (nSPS) is 13.7. The molecule has 0 amide bonds. The molecule has 0 fully saturated rings. The second-order valence-electron chi connectivity index (χ2n) is 7.04. The van der Waals surface area contributed by atoms with Crippen LogP contribution in [0.15, 0.2) is 59.4 Å². The van der Waals surface area contributed by atoms with Gasteiger partial charge in [-0.2, -0.15) is 0 Å². The molecule has 0 saturated heterocycles. The molecule has 128 valence electrons. The molecule has 0 bridgehead atoms. The van der Waals surface area contributed by atoms with Crippen LogP contribution >= 0.6 is 0 Å². The molecule has 0 radical (unpaired) electrons. The van der Waals surface area contributed by atoms with Crippen LogP contribution in [-0.2, 0) is 9.53 Å². The topological polar surface area (TPSA) is 26.3 Å². The van der Waals surface area contributed by atoms with Crippen LogP contribution in [0.1, 0.15) is 27.2 Å². The SMILES string of the molecule is C=CC(=O)/C(C=C)=C(/C(CC(C(=C)C)=C(C)C)OC)[Si](C)(C)C. The van der Waals surface area contributed by atoms with Crippen LogP contribution in [0.5, 0.6) is 0 Å². The van der Waals surface area contributed by atoms with Gasteiger partial charge < -0.3 is 4.74 Å². The lowest BCUT2D eigenvalue weighted by Crippen LogP contribution is -2.36. The van der Waals surface area contributed by atoms with E-state index in [1.807, 2.05) is 6.92 Å². The van der Waals surface area contributed by atoms with E-state index in [4.69, 9.17) is 4.74 Å². The zero-order chi connectivity index (χ0) is 18.4. The summed E-state index contributed by atoms with van der Waals surface area (Å²) in [7, 11) is -0.108. The van der Waals surface area contributed by atoms with Crippen molar-refractivity contribution in [2.75, 3.05) is 7.11 Å². The minimum absolute atomic E-state index is 0.0893. The standard InChI is InChI=1S/C20H32O2Si/c1-11-16(18(21)12-2)20(23(8,9)10)19(22-7)13-17(14(3)4)15(5)6/h11-12,19H,1-3,13H2,4-10H3/b20-16-. The van der Waals surface area contributed by atoms with Crippen molar-refractivity contribution in [1.82, 2.24) is 0 Å². The number of hydrogen-bond donors (Lipinski definition) is 0. The number of rotatable bonds is 9. The summed E-state index contributed by atoms with van der Waals surface area (Å²) in [5.41, 5.74) is 4.10. The molecular formula is C20H32O2Si. The van der Waals surface area contributed by atoms with Crippen LogP contribution in [0.3, 0.4) is 0 Å². The molecular weight excluding hydrogens is 300 g/mol. The number of carbonyl (C=O) groups excluding carboxylic acids is 1. The summed E-state index contributed by atoms with van der Waals surface area (Å²) in [6.07, 6.45) is 3.56. The van der Waals surface area contributed by atoms with E-state index in [0.717, 1.165) is 17.2 Å². The molecule has 0 aromatic heterocycles. The van der Waals surface area contributed by atoms with Crippen molar-refractivity contribution < 1.29 is 9.53 Å². The van der Waals surface area contributed by atoms with Crippen molar-refractivity contribution in [1.29, 1.82) is 0 Å². The molecule has 2 nitrogen and oxygen atoms in total. The van der Waals surface area contributed by atoms with E-state index < -0.39 is 8.07 Å². The van der Waals surface area contributed by atoms with Gasteiger partial charge in [0.25, 0.3) is 0 Å². The molecule has 0 rings (SSSR count). The molecule has 1 atom stereocenters. The van der Waals surface area contributed by atoms with Gasteiger partial charge >= 0.3 is 0 Å². The van der Waals surface area contributed by atoms with E-state index in [1.165, 1.54) is 17.2 Å². The molecule has 1 unspecified atom stereocenters. The van der Waals surface area contributed by atoms with Gasteiger partial charge in [0, 0.05) is 19.1 Å². The Morgan fingerprint density at radius 3 is 1.91 bits per heavy atom. The molecule has 0 spiro atoms. The van der Waals surface area contributed by atoms with Crippen LogP contribution < -0.4 is 0 Å². The first-order valence-corrected chi connectivity index (χ1v) is 11.4. The first-order chi connectivity index (χ1) is 10.5. The lowest BCUT2D eigenvalue weighted by Gasteiger charge is -2.31. The molecule has 0 heterocycles. The smallest absolute Gasteiger partial charge is 0.184 e. The van der Waals surface area contributed by atoms with Crippen LogP contribution in [0.4, 0.5) is 0 Å². The molecule has 0 saturated carbocycles. The Hall–Kier alpha value is -1.45. The third-order valence-corrected chi connectivity index (χ3v) is 6.08. The van der Waals surface area contributed by atoms with Crippen LogP contribution in [0.25, 0.3) is 0 Å². The lowest BCUT2D eigenvalue weighted by atomic mass is 9.96. The summed E-state index contributed by atoms with van der Waals surface area (Å²) in [6, 6.07) is 0. The molecule has 0 aliphatic rings. The molecule has 0 aromatic carbocycles. The summed E-state index contributed by atoms with van der Waals surface area (Å²) in [6.45, 7) is 24.4. The quantitative estimate of drug-likeness (QED) is 0.320. The fourth-order valence-electron chi connectivity index (χ4n) is 2.81. The van der Waals surface area contributed by atoms with Crippen molar-refractivity contribution in [2.24, 2.45) is 0 Å². The highest BCUT2D eigenvalue weighted by Crippen LogP contribution is 2.31. The maximum Gasteiger partial charge on any atom is 0.184 e. The van der Waals surface area contributed by atoms with Crippen molar-refractivity contribution in [2.45, 2.75) is 52.9 Å². The number of ketones is 1. The zero-order valence-electron chi connectivity index (χ0n) is 15.9. The fraction of sp³-hybridized carbons (Fsp3) is 0.450. The summed E-state index contributed by atoms with van der Waals surface area (Å²) in [4.78, 5) is 12.3. The Balaban J connectivity index is 6.27. The summed E-state index contributed by atoms with van der Waals surface area (Å²) >= 11 is 0. The fourth-order valence-corrected chi connectivity index (χ4v) is 5.03. The number of hydrogen-bond acceptors (Lipinski definition) is 2. The summed E-state index contributed by atoms with van der Waals surface area (Å²) < 4.78 is 5.81. The van der Waals surface area contributed by atoms with Gasteiger partial charge in [0.05, 0.1) is 14.2 Å². The van der Waals surface area contributed by atoms with Crippen molar-refractivity contribution in [3.8, 4) is 0 Å². The van der Waals surface area contributed by atoms with Gasteiger partial charge in [-0.05, 0) is 37.6 Å². The summed E-state index contributed by atoms with van der Waals surface area (Å²) in [5.74, 6) is -0.0893. The van der Waals surface area contributed by atoms with E-state index in [-0.39, 0.29) is 11.9 Å². The second kappa shape index (κ2) is 8.99. The highest BCUT2D eigenvalue weighted by atomic mass is 28.3. The number of allylic oxidation sites excluding steroid dienone is 5. The van der Waals surface area contributed by atoms with E-state index in [9.17, 15) is 4.79 Å². The first-order valence-electron chi connectivity index (χ1n) is 7.90. The van der Waals surface area contributed by atoms with Crippen molar-refractivity contribution >= 4 is 13.9 Å². The van der Waals surface area contributed by atoms with Crippen LogP contribution in [0.2, 0.25) is 19.6 Å². The Kier molecular flexibility index (Phi) is 8.42. The highest BCUT2D eigenvalue weighted by Gasteiger charge is 2.31. The molecule has 3 heteroatoms. The number of methoxy groups -OCH3 is 1. The monoisotopic (exact) mass is 332 g/mol. The molecule has 0 aliphatic carbocycles. The van der Waals surface area contributed by atoms with Crippen molar-refractivity contribution in [3.05, 3.63) is 59.4 Å². The van der Waals surface area contributed by atoms with Crippen LogP contribution in [-0.4, -0.2) is 27.1 Å². The first kappa shape index (κ1) is 21.5. The molecule has 0 N–H and O–H groups in total. The Labute approximate surface area is 143 Å². The lowest BCUT2D eigenvalue weighted by molar-refractivity contribution is -0.111. The number of ether oxygens (including phenoxy) is 1. The predicted octanol–water partition coefficient (Wildman–Crippen LogP) is 5.42. The van der Waals surface area contributed by atoms with Gasteiger partial charge in [-0.25, -0.2) is 0 Å². The minimum Gasteiger partial charge on any atom is -0.377 e. The molecule has 0 aliphatic heterocycles.